The summed E-state index contributed by atoms with van der Waals surface area (Å²) in [6.45, 7) is 8.31. The van der Waals surface area contributed by atoms with Crippen molar-refractivity contribution in [1.29, 1.82) is 0 Å². The van der Waals surface area contributed by atoms with Crippen molar-refractivity contribution < 1.29 is 4.79 Å². The Bertz CT molecular complexity index is 942. The summed E-state index contributed by atoms with van der Waals surface area (Å²) >= 11 is 3.33. The molecule has 0 radical (unpaired) electrons. The quantitative estimate of drug-likeness (QED) is 0.531. The van der Waals surface area contributed by atoms with Crippen molar-refractivity contribution in [3.8, 4) is 0 Å². The van der Waals surface area contributed by atoms with Crippen molar-refractivity contribution in [3.05, 3.63) is 75.3 Å². The zero-order valence-corrected chi connectivity index (χ0v) is 17.8. The van der Waals surface area contributed by atoms with Gasteiger partial charge in [0.25, 0.3) is 0 Å². The molecule has 1 aromatic heterocycles. The predicted molar refractivity (Wildman–Crippen MR) is 116 cm³/mol. The predicted octanol–water partition coefficient (Wildman–Crippen LogP) is 5.85. The Kier molecular flexibility index (Phi) is 6.34. The molecule has 0 unspecified atom stereocenters. The molecule has 0 spiro atoms. The fourth-order valence-corrected chi connectivity index (χ4v) is 4.86. The molecule has 0 aliphatic heterocycles. The zero-order chi connectivity index (χ0) is 19.4. The number of aryl methyl sites for hydroxylation is 4. The normalized spacial score (nSPS) is 10.8. The van der Waals surface area contributed by atoms with Crippen molar-refractivity contribution in [2.75, 3.05) is 5.32 Å². The van der Waals surface area contributed by atoms with Gasteiger partial charge in [-0.3, -0.25) is 4.79 Å². The molecule has 1 amide bonds. The van der Waals surface area contributed by atoms with Crippen LogP contribution in [-0.2, 0) is 17.0 Å². The minimum Gasteiger partial charge on any atom is -0.326 e. The van der Waals surface area contributed by atoms with Crippen LogP contribution in [0.3, 0.4) is 0 Å². The molecule has 3 aromatic rings. The maximum atomic E-state index is 12.3. The Morgan fingerprint density at radius 2 is 1.78 bits per heavy atom. The Labute approximate surface area is 169 Å². The highest BCUT2D eigenvalue weighted by Gasteiger charge is 2.10. The standard InChI is InChI=1S/C22H24N2OS2/c1-14-5-6-17(4)18(8-14)12-26-22-24-20(13-27-22)11-21(25)23-19-9-15(2)7-16(3)10-19/h5-10,13H,11-12H2,1-4H3,(H,23,25). The molecule has 27 heavy (non-hydrogen) atoms. The Morgan fingerprint density at radius 3 is 2.52 bits per heavy atom. The fraction of sp³-hybridized carbons (Fsp3) is 0.273. The van der Waals surface area contributed by atoms with E-state index in [2.05, 4.69) is 48.4 Å². The number of amides is 1. The first-order chi connectivity index (χ1) is 12.9. The van der Waals surface area contributed by atoms with E-state index in [1.165, 1.54) is 16.7 Å². The van der Waals surface area contributed by atoms with E-state index in [1.54, 1.807) is 23.1 Å². The first-order valence-electron chi connectivity index (χ1n) is 8.90. The number of nitrogens with one attached hydrogen (secondary N) is 1. The van der Waals surface area contributed by atoms with E-state index in [-0.39, 0.29) is 5.91 Å². The fourth-order valence-electron chi connectivity index (χ4n) is 2.95. The smallest absolute Gasteiger partial charge is 0.230 e. The summed E-state index contributed by atoms with van der Waals surface area (Å²) in [6, 6.07) is 12.6. The molecule has 0 aliphatic rings. The van der Waals surface area contributed by atoms with E-state index in [1.807, 2.05) is 31.4 Å². The lowest BCUT2D eigenvalue weighted by molar-refractivity contribution is -0.115. The van der Waals surface area contributed by atoms with Crippen LogP contribution in [-0.4, -0.2) is 10.9 Å². The third-order valence-electron chi connectivity index (χ3n) is 4.23. The van der Waals surface area contributed by atoms with Crippen LogP contribution in [0.2, 0.25) is 0 Å². The molecule has 1 heterocycles. The van der Waals surface area contributed by atoms with Gasteiger partial charge in [0.05, 0.1) is 12.1 Å². The van der Waals surface area contributed by atoms with E-state index in [0.717, 1.165) is 32.6 Å². The lowest BCUT2D eigenvalue weighted by Gasteiger charge is -2.07. The molecule has 140 valence electrons. The number of anilines is 1. The number of hydrogen-bond acceptors (Lipinski definition) is 4. The first kappa shape index (κ1) is 19.6. The third kappa shape index (κ3) is 5.68. The van der Waals surface area contributed by atoms with Crippen LogP contribution < -0.4 is 5.32 Å². The minimum absolute atomic E-state index is 0.0311. The van der Waals surface area contributed by atoms with Crippen LogP contribution >= 0.6 is 23.1 Å². The molecule has 5 heteroatoms. The molecule has 1 N–H and O–H groups in total. The van der Waals surface area contributed by atoms with Gasteiger partial charge in [0, 0.05) is 16.8 Å². The van der Waals surface area contributed by atoms with Gasteiger partial charge in [-0.2, -0.15) is 0 Å². The number of thioether (sulfide) groups is 1. The Balaban J connectivity index is 1.57. The Hall–Kier alpha value is -2.11. The molecule has 3 nitrogen and oxygen atoms in total. The molecule has 0 aliphatic carbocycles. The van der Waals surface area contributed by atoms with E-state index in [9.17, 15) is 4.79 Å². The van der Waals surface area contributed by atoms with Gasteiger partial charge < -0.3 is 5.32 Å². The molecule has 2 aromatic carbocycles. The van der Waals surface area contributed by atoms with Gasteiger partial charge in [-0.05, 0) is 62.1 Å². The van der Waals surface area contributed by atoms with Crippen LogP contribution in [0.15, 0.2) is 46.1 Å². The van der Waals surface area contributed by atoms with Gasteiger partial charge in [0.15, 0.2) is 0 Å². The summed E-state index contributed by atoms with van der Waals surface area (Å²) in [5, 5.41) is 4.95. The monoisotopic (exact) mass is 396 g/mol. The van der Waals surface area contributed by atoms with Gasteiger partial charge in [-0.1, -0.05) is 41.6 Å². The number of nitrogens with zero attached hydrogens (tertiary/aromatic N) is 1. The van der Waals surface area contributed by atoms with Crippen molar-refractivity contribution in [2.45, 2.75) is 44.2 Å². The second-order valence-electron chi connectivity index (χ2n) is 6.92. The second-order valence-corrected chi connectivity index (χ2v) is 9.01. The second kappa shape index (κ2) is 8.72. The molecule has 0 saturated heterocycles. The van der Waals surface area contributed by atoms with Crippen molar-refractivity contribution in [1.82, 2.24) is 4.98 Å². The average Bonchev–Trinajstić information content (AvgIpc) is 3.02. The highest BCUT2D eigenvalue weighted by molar-refractivity contribution is 8.00. The topological polar surface area (TPSA) is 42.0 Å². The molecular weight excluding hydrogens is 372 g/mol. The summed E-state index contributed by atoms with van der Waals surface area (Å²) in [7, 11) is 0. The van der Waals surface area contributed by atoms with Crippen LogP contribution in [0.1, 0.15) is 33.5 Å². The molecule has 0 saturated carbocycles. The Morgan fingerprint density at radius 1 is 1.04 bits per heavy atom. The average molecular weight is 397 g/mol. The number of carbonyl (C=O) groups is 1. The summed E-state index contributed by atoms with van der Waals surface area (Å²) in [5.74, 6) is 0.867. The molecule has 0 bridgehead atoms. The van der Waals surface area contributed by atoms with Crippen molar-refractivity contribution in [2.24, 2.45) is 0 Å². The molecule has 0 atom stereocenters. The lowest BCUT2D eigenvalue weighted by atomic mass is 10.1. The van der Waals surface area contributed by atoms with E-state index in [0.29, 0.717) is 6.42 Å². The summed E-state index contributed by atoms with van der Waals surface area (Å²) in [5.41, 5.74) is 7.87. The molecule has 3 rings (SSSR count). The number of benzene rings is 2. The maximum absolute atomic E-state index is 12.3. The number of rotatable bonds is 6. The van der Waals surface area contributed by atoms with Crippen LogP contribution in [0.25, 0.3) is 0 Å². The third-order valence-corrected chi connectivity index (χ3v) is 6.35. The van der Waals surface area contributed by atoms with Gasteiger partial charge in [-0.15, -0.1) is 11.3 Å². The number of aromatic nitrogens is 1. The molecule has 0 fully saturated rings. The summed E-state index contributed by atoms with van der Waals surface area (Å²) in [4.78, 5) is 16.9. The number of hydrogen-bond donors (Lipinski definition) is 1. The number of thiazole rings is 1. The lowest BCUT2D eigenvalue weighted by Crippen LogP contribution is -2.14. The van der Waals surface area contributed by atoms with Crippen LogP contribution in [0, 0.1) is 27.7 Å². The summed E-state index contributed by atoms with van der Waals surface area (Å²) in [6.07, 6.45) is 0.299. The van der Waals surface area contributed by atoms with Gasteiger partial charge in [-0.25, -0.2) is 4.98 Å². The van der Waals surface area contributed by atoms with E-state index in [4.69, 9.17) is 0 Å². The van der Waals surface area contributed by atoms with Gasteiger partial charge in [0.2, 0.25) is 5.91 Å². The van der Waals surface area contributed by atoms with Crippen LogP contribution in [0.4, 0.5) is 5.69 Å². The molecular formula is C22H24N2OS2. The van der Waals surface area contributed by atoms with Gasteiger partial charge in [0.1, 0.15) is 4.34 Å². The van der Waals surface area contributed by atoms with Crippen LogP contribution in [0.5, 0.6) is 0 Å². The van der Waals surface area contributed by atoms with E-state index >= 15 is 0 Å². The SMILES string of the molecule is Cc1cc(C)cc(NC(=O)Cc2csc(SCc3cc(C)ccc3C)n2)c1. The van der Waals surface area contributed by atoms with E-state index < -0.39 is 0 Å². The first-order valence-corrected chi connectivity index (χ1v) is 10.8. The number of carbonyl (C=O) groups excluding carboxylic acids is 1. The zero-order valence-electron chi connectivity index (χ0n) is 16.1. The van der Waals surface area contributed by atoms with Gasteiger partial charge >= 0.3 is 0 Å². The van der Waals surface area contributed by atoms with Crippen molar-refractivity contribution in [3.63, 3.8) is 0 Å². The maximum Gasteiger partial charge on any atom is 0.230 e. The van der Waals surface area contributed by atoms with Crippen molar-refractivity contribution >= 4 is 34.7 Å². The summed E-state index contributed by atoms with van der Waals surface area (Å²) < 4.78 is 1.00. The largest absolute Gasteiger partial charge is 0.326 e. The highest BCUT2D eigenvalue weighted by Crippen LogP contribution is 2.28. The minimum atomic E-state index is -0.0311. The highest BCUT2D eigenvalue weighted by atomic mass is 32.2.